The summed E-state index contributed by atoms with van der Waals surface area (Å²) in [5.41, 5.74) is 2.29. The van der Waals surface area contributed by atoms with E-state index in [1.54, 1.807) is 6.33 Å². The van der Waals surface area contributed by atoms with Gasteiger partial charge in [-0.2, -0.15) is 0 Å². The number of nitrogens with zero attached hydrogens (tertiary/aromatic N) is 3. The van der Waals surface area contributed by atoms with Gasteiger partial charge in [0.2, 0.25) is 5.88 Å². The number of likely N-dealkylation sites (tertiary alicyclic amines) is 1. The zero-order valence-electron chi connectivity index (χ0n) is 11.6. The highest BCUT2D eigenvalue weighted by Gasteiger charge is 2.21. The molecule has 0 aliphatic carbocycles. The number of hydrogen-bond acceptors (Lipinski definition) is 5. The number of hydrogen-bond donors (Lipinski definition) is 1. The third-order valence-electron chi connectivity index (χ3n) is 4.17. The molecule has 5 heteroatoms. The second-order valence-corrected chi connectivity index (χ2v) is 5.47. The number of rotatable bonds is 3. The number of likely N-dealkylation sites (N-methyl/N-ethyl adjacent to an activating group) is 1. The summed E-state index contributed by atoms with van der Waals surface area (Å²) in [6, 6.07) is 0.524. The van der Waals surface area contributed by atoms with Crippen LogP contribution in [0.1, 0.15) is 30.5 Å². The van der Waals surface area contributed by atoms with Gasteiger partial charge in [-0.05, 0) is 26.4 Å². The summed E-state index contributed by atoms with van der Waals surface area (Å²) in [5.74, 6) is 0.774. The summed E-state index contributed by atoms with van der Waals surface area (Å²) in [6.45, 7) is 3.73. The summed E-state index contributed by atoms with van der Waals surface area (Å²) in [6.07, 6.45) is 6.44. The van der Waals surface area contributed by atoms with Crippen LogP contribution in [0, 0.1) is 0 Å². The number of nitrogens with one attached hydrogen (secondary N) is 1. The van der Waals surface area contributed by atoms with E-state index in [0.717, 1.165) is 43.3 Å². The van der Waals surface area contributed by atoms with E-state index in [1.165, 1.54) is 25.8 Å². The smallest absolute Gasteiger partial charge is 0.221 e. The number of aromatic nitrogens is 2. The van der Waals surface area contributed by atoms with Crippen molar-refractivity contribution in [2.45, 2.75) is 38.3 Å². The zero-order chi connectivity index (χ0) is 13.1. The SMILES string of the molecule is CN1CCCCC1COc1ncnc2c1CNCC2. The summed E-state index contributed by atoms with van der Waals surface area (Å²) in [7, 11) is 2.18. The number of piperidine rings is 1. The maximum atomic E-state index is 5.98. The average molecular weight is 262 g/mol. The maximum Gasteiger partial charge on any atom is 0.221 e. The van der Waals surface area contributed by atoms with Crippen molar-refractivity contribution in [3.63, 3.8) is 0 Å². The molecule has 1 unspecified atom stereocenters. The Labute approximate surface area is 114 Å². The van der Waals surface area contributed by atoms with Gasteiger partial charge in [0.15, 0.2) is 0 Å². The highest BCUT2D eigenvalue weighted by molar-refractivity contribution is 5.31. The highest BCUT2D eigenvalue weighted by Crippen LogP contribution is 2.22. The topological polar surface area (TPSA) is 50.3 Å². The van der Waals surface area contributed by atoms with Gasteiger partial charge in [0.1, 0.15) is 12.9 Å². The van der Waals surface area contributed by atoms with Gasteiger partial charge in [-0.1, -0.05) is 6.42 Å². The molecule has 1 fully saturated rings. The lowest BCUT2D eigenvalue weighted by Crippen LogP contribution is -2.40. The minimum absolute atomic E-state index is 0.524. The Morgan fingerprint density at radius 2 is 2.37 bits per heavy atom. The molecule has 3 heterocycles. The van der Waals surface area contributed by atoms with Crippen molar-refractivity contribution in [3.8, 4) is 5.88 Å². The summed E-state index contributed by atoms with van der Waals surface area (Å²) >= 11 is 0. The Morgan fingerprint density at radius 3 is 3.26 bits per heavy atom. The average Bonchev–Trinajstić information content (AvgIpc) is 2.46. The van der Waals surface area contributed by atoms with Crippen LogP contribution in [0.4, 0.5) is 0 Å². The zero-order valence-corrected chi connectivity index (χ0v) is 11.6. The molecule has 1 aromatic heterocycles. The fraction of sp³-hybridized carbons (Fsp3) is 0.714. The van der Waals surface area contributed by atoms with Crippen molar-refractivity contribution in [1.29, 1.82) is 0 Å². The van der Waals surface area contributed by atoms with E-state index in [9.17, 15) is 0 Å². The Morgan fingerprint density at radius 1 is 1.42 bits per heavy atom. The quantitative estimate of drug-likeness (QED) is 0.880. The molecule has 1 N–H and O–H groups in total. The first kappa shape index (κ1) is 12.8. The lowest BCUT2D eigenvalue weighted by atomic mass is 10.0. The van der Waals surface area contributed by atoms with Crippen molar-refractivity contribution >= 4 is 0 Å². The molecule has 0 aromatic carbocycles. The van der Waals surface area contributed by atoms with Crippen molar-refractivity contribution < 1.29 is 4.74 Å². The number of fused-ring (bicyclic) bond motifs is 1. The molecule has 1 aromatic rings. The third-order valence-corrected chi connectivity index (χ3v) is 4.17. The molecule has 5 nitrogen and oxygen atoms in total. The van der Waals surface area contributed by atoms with Gasteiger partial charge in [-0.25, -0.2) is 9.97 Å². The van der Waals surface area contributed by atoms with Crippen LogP contribution < -0.4 is 10.1 Å². The molecule has 0 spiro atoms. The van der Waals surface area contributed by atoms with Gasteiger partial charge < -0.3 is 15.0 Å². The van der Waals surface area contributed by atoms with Crippen LogP contribution in [-0.2, 0) is 13.0 Å². The molecule has 1 saturated heterocycles. The standard InChI is InChI=1S/C14H22N4O/c1-18-7-3-2-4-11(18)9-19-14-12-8-15-6-5-13(12)16-10-17-14/h10-11,15H,2-9H2,1H3. The van der Waals surface area contributed by atoms with Crippen LogP contribution in [0.2, 0.25) is 0 Å². The molecule has 0 saturated carbocycles. The van der Waals surface area contributed by atoms with E-state index in [1.807, 2.05) is 0 Å². The first-order valence-corrected chi connectivity index (χ1v) is 7.21. The van der Waals surface area contributed by atoms with Crippen LogP contribution in [0.15, 0.2) is 6.33 Å². The fourth-order valence-corrected chi connectivity index (χ4v) is 2.90. The minimum Gasteiger partial charge on any atom is -0.476 e. The summed E-state index contributed by atoms with van der Waals surface area (Å²) in [4.78, 5) is 11.1. The van der Waals surface area contributed by atoms with Crippen molar-refractivity contribution in [2.24, 2.45) is 0 Å². The van der Waals surface area contributed by atoms with Crippen LogP contribution in [0.5, 0.6) is 5.88 Å². The predicted octanol–water partition coefficient (Wildman–Crippen LogP) is 0.985. The molecule has 1 atom stereocenters. The largest absolute Gasteiger partial charge is 0.476 e. The molecule has 0 amide bonds. The van der Waals surface area contributed by atoms with E-state index in [4.69, 9.17) is 4.74 Å². The Balaban J connectivity index is 1.66. The lowest BCUT2D eigenvalue weighted by Gasteiger charge is -2.32. The van der Waals surface area contributed by atoms with E-state index < -0.39 is 0 Å². The number of ether oxygens (including phenoxy) is 1. The Kier molecular flexibility index (Phi) is 3.94. The van der Waals surface area contributed by atoms with E-state index >= 15 is 0 Å². The van der Waals surface area contributed by atoms with Crippen LogP contribution in [-0.4, -0.2) is 47.7 Å². The van der Waals surface area contributed by atoms with Gasteiger partial charge in [0.25, 0.3) is 0 Å². The molecular formula is C14H22N4O. The minimum atomic E-state index is 0.524. The highest BCUT2D eigenvalue weighted by atomic mass is 16.5. The molecule has 2 aliphatic heterocycles. The van der Waals surface area contributed by atoms with Gasteiger partial charge in [0.05, 0.1) is 5.69 Å². The first-order chi connectivity index (χ1) is 9.34. The monoisotopic (exact) mass is 262 g/mol. The summed E-state index contributed by atoms with van der Waals surface area (Å²) < 4.78 is 5.98. The molecule has 3 rings (SSSR count). The maximum absolute atomic E-state index is 5.98. The summed E-state index contributed by atoms with van der Waals surface area (Å²) in [5, 5.41) is 3.36. The van der Waals surface area contributed by atoms with Crippen LogP contribution >= 0.6 is 0 Å². The normalized spacial score (nSPS) is 23.9. The van der Waals surface area contributed by atoms with Crippen molar-refractivity contribution in [2.75, 3.05) is 26.7 Å². The van der Waals surface area contributed by atoms with Gasteiger partial charge in [-0.15, -0.1) is 0 Å². The van der Waals surface area contributed by atoms with Gasteiger partial charge in [0, 0.05) is 31.1 Å². The van der Waals surface area contributed by atoms with Crippen molar-refractivity contribution in [3.05, 3.63) is 17.6 Å². The first-order valence-electron chi connectivity index (χ1n) is 7.21. The fourth-order valence-electron chi connectivity index (χ4n) is 2.90. The molecule has 0 radical (unpaired) electrons. The predicted molar refractivity (Wildman–Crippen MR) is 73.2 cm³/mol. The third kappa shape index (κ3) is 2.87. The van der Waals surface area contributed by atoms with Crippen molar-refractivity contribution in [1.82, 2.24) is 20.2 Å². The lowest BCUT2D eigenvalue weighted by molar-refractivity contribution is 0.121. The van der Waals surface area contributed by atoms with Gasteiger partial charge in [-0.3, -0.25) is 0 Å². The Hall–Kier alpha value is -1.20. The van der Waals surface area contributed by atoms with Crippen LogP contribution in [0.25, 0.3) is 0 Å². The second kappa shape index (κ2) is 5.84. The van der Waals surface area contributed by atoms with E-state index in [-0.39, 0.29) is 0 Å². The molecule has 0 bridgehead atoms. The second-order valence-electron chi connectivity index (χ2n) is 5.47. The van der Waals surface area contributed by atoms with E-state index in [0.29, 0.717) is 6.04 Å². The molecule has 104 valence electrons. The van der Waals surface area contributed by atoms with Crippen LogP contribution in [0.3, 0.4) is 0 Å². The molecular weight excluding hydrogens is 240 g/mol. The van der Waals surface area contributed by atoms with Gasteiger partial charge >= 0.3 is 0 Å². The van der Waals surface area contributed by atoms with E-state index in [2.05, 4.69) is 27.2 Å². The molecule has 19 heavy (non-hydrogen) atoms. The Bertz CT molecular complexity index is 437. The molecule has 2 aliphatic rings.